The van der Waals surface area contributed by atoms with Crippen molar-refractivity contribution in [3.63, 3.8) is 0 Å². The van der Waals surface area contributed by atoms with Gasteiger partial charge in [0.1, 0.15) is 0 Å². The van der Waals surface area contributed by atoms with Crippen LogP contribution >= 0.6 is 0 Å². The number of rotatable bonds is 3. The number of ether oxygens (including phenoxy) is 1. The topological polar surface area (TPSA) is 78.5 Å². The van der Waals surface area contributed by atoms with Gasteiger partial charge in [-0.15, -0.1) is 0 Å². The SMILES string of the molecule is COC(=O)c1ccc([C@H]2Nc3ccc(C(=O)[O-])cc3[C@@H]3C=CC[C@@H]23)cc1. The molecule has 3 atom stereocenters. The molecule has 26 heavy (non-hydrogen) atoms. The molecule has 2 aromatic rings. The van der Waals surface area contributed by atoms with E-state index >= 15 is 0 Å². The summed E-state index contributed by atoms with van der Waals surface area (Å²) >= 11 is 0. The third-order valence-corrected chi connectivity index (χ3v) is 5.29. The van der Waals surface area contributed by atoms with Crippen LogP contribution < -0.4 is 10.4 Å². The van der Waals surface area contributed by atoms with Crippen LogP contribution in [0.1, 0.15) is 50.2 Å². The molecule has 1 N–H and O–H groups in total. The Kier molecular flexibility index (Phi) is 3.99. The van der Waals surface area contributed by atoms with E-state index in [0.29, 0.717) is 11.5 Å². The first-order valence-electron chi connectivity index (χ1n) is 8.55. The van der Waals surface area contributed by atoms with Gasteiger partial charge in [0.2, 0.25) is 0 Å². The van der Waals surface area contributed by atoms with Crippen LogP contribution in [-0.2, 0) is 4.74 Å². The maximum atomic E-state index is 11.6. The fraction of sp³-hybridized carbons (Fsp3) is 0.238. The number of carboxylic acids is 1. The van der Waals surface area contributed by atoms with E-state index in [4.69, 9.17) is 4.74 Å². The first-order chi connectivity index (χ1) is 12.6. The molecule has 1 aliphatic heterocycles. The van der Waals surface area contributed by atoms with Crippen LogP contribution in [0.2, 0.25) is 0 Å². The molecule has 0 bridgehead atoms. The molecule has 0 saturated carbocycles. The summed E-state index contributed by atoms with van der Waals surface area (Å²) in [6.45, 7) is 0. The Morgan fingerprint density at radius 2 is 1.85 bits per heavy atom. The van der Waals surface area contributed by atoms with Crippen molar-refractivity contribution in [1.29, 1.82) is 0 Å². The standard InChI is InChI=1S/C21H19NO4/c1-26-21(25)13-7-5-12(6-8-13)19-16-4-2-3-15(16)17-11-14(20(23)24)9-10-18(17)22-19/h2-3,5-11,15-16,19,22H,4H2,1H3,(H,23,24)/p-1/t15-,16-,19-/m1/s1. The van der Waals surface area contributed by atoms with Gasteiger partial charge in [-0.05, 0) is 53.3 Å². The molecule has 132 valence electrons. The highest BCUT2D eigenvalue weighted by molar-refractivity contribution is 5.89. The fourth-order valence-corrected chi connectivity index (χ4v) is 4.00. The number of nitrogens with one attached hydrogen (secondary N) is 1. The normalized spacial score (nSPS) is 22.9. The predicted molar refractivity (Wildman–Crippen MR) is 94.9 cm³/mol. The van der Waals surface area contributed by atoms with Crippen molar-refractivity contribution in [3.05, 3.63) is 76.9 Å². The minimum absolute atomic E-state index is 0.0861. The summed E-state index contributed by atoms with van der Waals surface area (Å²) in [6.07, 6.45) is 5.21. The number of anilines is 1. The van der Waals surface area contributed by atoms with Crippen molar-refractivity contribution in [2.24, 2.45) is 5.92 Å². The van der Waals surface area contributed by atoms with E-state index in [9.17, 15) is 14.7 Å². The Morgan fingerprint density at radius 3 is 2.54 bits per heavy atom. The summed E-state index contributed by atoms with van der Waals surface area (Å²) in [4.78, 5) is 22.8. The highest BCUT2D eigenvalue weighted by atomic mass is 16.5. The quantitative estimate of drug-likeness (QED) is 0.681. The van der Waals surface area contributed by atoms with Crippen LogP contribution in [0.25, 0.3) is 0 Å². The zero-order chi connectivity index (χ0) is 18.3. The molecule has 5 heteroatoms. The summed E-state index contributed by atoms with van der Waals surface area (Å²) in [7, 11) is 1.37. The van der Waals surface area contributed by atoms with Gasteiger partial charge < -0.3 is 20.0 Å². The number of hydrogen-bond acceptors (Lipinski definition) is 5. The predicted octanol–water partition coefficient (Wildman–Crippen LogP) is 2.66. The summed E-state index contributed by atoms with van der Waals surface area (Å²) in [5.41, 5.74) is 3.74. The number of hydrogen-bond donors (Lipinski definition) is 1. The maximum absolute atomic E-state index is 11.6. The number of esters is 1. The van der Waals surface area contributed by atoms with E-state index in [-0.39, 0.29) is 23.5 Å². The lowest BCUT2D eigenvalue weighted by molar-refractivity contribution is -0.255. The fourth-order valence-electron chi connectivity index (χ4n) is 4.00. The molecule has 0 unspecified atom stereocenters. The zero-order valence-electron chi connectivity index (χ0n) is 14.3. The van der Waals surface area contributed by atoms with E-state index in [1.807, 2.05) is 12.1 Å². The van der Waals surface area contributed by atoms with Gasteiger partial charge in [-0.2, -0.15) is 0 Å². The van der Waals surface area contributed by atoms with Gasteiger partial charge in [0.25, 0.3) is 0 Å². The van der Waals surface area contributed by atoms with Crippen LogP contribution in [0, 0.1) is 5.92 Å². The monoisotopic (exact) mass is 348 g/mol. The van der Waals surface area contributed by atoms with Crippen LogP contribution in [0.3, 0.4) is 0 Å². The molecule has 1 heterocycles. The van der Waals surface area contributed by atoms with Crippen LogP contribution in [-0.4, -0.2) is 19.0 Å². The molecule has 1 aliphatic carbocycles. The van der Waals surface area contributed by atoms with E-state index in [2.05, 4.69) is 17.5 Å². The Hall–Kier alpha value is -3.08. The molecule has 0 amide bonds. The third-order valence-electron chi connectivity index (χ3n) is 5.29. The van der Waals surface area contributed by atoms with Crippen LogP contribution in [0.4, 0.5) is 5.69 Å². The second kappa shape index (κ2) is 6.33. The number of benzene rings is 2. The lowest BCUT2D eigenvalue weighted by Gasteiger charge is -2.38. The average molecular weight is 348 g/mol. The van der Waals surface area contributed by atoms with Crippen molar-refractivity contribution in [2.75, 3.05) is 12.4 Å². The summed E-state index contributed by atoms with van der Waals surface area (Å²) in [6, 6.07) is 12.6. The number of carbonyl (C=O) groups excluding carboxylic acids is 2. The van der Waals surface area contributed by atoms with Crippen molar-refractivity contribution in [1.82, 2.24) is 0 Å². The van der Waals surface area contributed by atoms with Crippen molar-refractivity contribution in [2.45, 2.75) is 18.4 Å². The van der Waals surface area contributed by atoms with Crippen LogP contribution in [0.5, 0.6) is 0 Å². The molecule has 4 rings (SSSR count). The Morgan fingerprint density at radius 1 is 1.12 bits per heavy atom. The third kappa shape index (κ3) is 2.65. The summed E-state index contributed by atoms with van der Waals surface area (Å²) in [5, 5.41) is 14.7. The van der Waals surface area contributed by atoms with E-state index < -0.39 is 5.97 Å². The number of carbonyl (C=O) groups is 2. The number of allylic oxidation sites excluding steroid dienone is 2. The second-order valence-electron chi connectivity index (χ2n) is 6.68. The Labute approximate surface area is 151 Å². The average Bonchev–Trinajstić information content (AvgIpc) is 3.16. The van der Waals surface area contributed by atoms with Gasteiger partial charge in [-0.25, -0.2) is 4.79 Å². The van der Waals surface area contributed by atoms with Crippen molar-refractivity contribution in [3.8, 4) is 0 Å². The Bertz CT molecular complexity index is 901. The minimum atomic E-state index is -1.16. The number of methoxy groups -OCH3 is 1. The largest absolute Gasteiger partial charge is 0.545 e. The van der Waals surface area contributed by atoms with Gasteiger partial charge >= 0.3 is 5.97 Å². The van der Waals surface area contributed by atoms with Gasteiger partial charge in [0.15, 0.2) is 0 Å². The number of aromatic carboxylic acids is 1. The van der Waals surface area contributed by atoms with Crippen molar-refractivity contribution < 1.29 is 19.4 Å². The zero-order valence-corrected chi connectivity index (χ0v) is 14.3. The molecule has 2 aliphatic rings. The van der Waals surface area contributed by atoms with E-state index in [1.54, 1.807) is 30.3 Å². The maximum Gasteiger partial charge on any atom is 0.337 e. The summed E-state index contributed by atoms with van der Waals surface area (Å²) in [5.74, 6) is -1.06. The second-order valence-corrected chi connectivity index (χ2v) is 6.68. The van der Waals surface area contributed by atoms with Crippen LogP contribution in [0.15, 0.2) is 54.6 Å². The molecule has 0 fully saturated rings. The molecule has 0 aromatic heterocycles. The molecular formula is C21H18NO4-. The van der Waals surface area contributed by atoms with Crippen molar-refractivity contribution >= 4 is 17.6 Å². The van der Waals surface area contributed by atoms with Gasteiger partial charge in [0.05, 0.1) is 24.7 Å². The molecule has 0 spiro atoms. The molecule has 0 radical (unpaired) electrons. The minimum Gasteiger partial charge on any atom is -0.545 e. The number of carboxylic acid groups (broad SMARTS) is 1. The smallest absolute Gasteiger partial charge is 0.337 e. The number of fused-ring (bicyclic) bond motifs is 3. The van der Waals surface area contributed by atoms with Gasteiger partial charge in [-0.1, -0.05) is 30.4 Å². The molecule has 0 saturated heterocycles. The molecule has 2 aromatic carbocycles. The van der Waals surface area contributed by atoms with E-state index in [1.165, 1.54) is 7.11 Å². The van der Waals surface area contributed by atoms with E-state index in [0.717, 1.165) is 23.2 Å². The first kappa shape index (κ1) is 16.4. The van der Waals surface area contributed by atoms with Gasteiger partial charge in [-0.3, -0.25) is 0 Å². The summed E-state index contributed by atoms with van der Waals surface area (Å²) < 4.78 is 4.75. The highest BCUT2D eigenvalue weighted by Gasteiger charge is 2.37. The Balaban J connectivity index is 1.69. The lowest BCUT2D eigenvalue weighted by Crippen LogP contribution is -2.30. The van der Waals surface area contributed by atoms with Gasteiger partial charge in [0, 0.05) is 11.6 Å². The molecular weight excluding hydrogens is 330 g/mol. The highest BCUT2D eigenvalue weighted by Crippen LogP contribution is 2.49. The first-order valence-corrected chi connectivity index (χ1v) is 8.55. The lowest BCUT2D eigenvalue weighted by atomic mass is 9.76. The molecule has 5 nitrogen and oxygen atoms in total.